The van der Waals surface area contributed by atoms with Gasteiger partial charge < -0.3 is 14.5 Å². The standard InChI is InChI=1S/C10H8.C7H5NOS.C7H8O.B/c1-2-6-10-8-4-3-7-9(10)5-1;10-7-8-5-3-1-2-4-6(5)9-7;8-6-7-4-2-1-3-5-7;/h1-8H;1-4H,(H,8,10);1-5,8H,6H2;. The number of aliphatic hydroxyl groups excluding tert-OH is 1. The second kappa shape index (κ2) is 11.6. The number of benzene rings is 4. The van der Waals surface area contributed by atoms with Gasteiger partial charge in [-0.1, -0.05) is 91.0 Å². The van der Waals surface area contributed by atoms with Gasteiger partial charge in [-0.15, -0.1) is 0 Å². The SMILES string of the molecule is OCc1ccccc1.S=c1[nH]c2ccccc2o1.[B].c1ccc2ccccc2c1. The highest BCUT2D eigenvalue weighted by Crippen LogP contribution is 2.11. The summed E-state index contributed by atoms with van der Waals surface area (Å²) in [5.41, 5.74) is 2.73. The van der Waals surface area contributed by atoms with Crippen LogP contribution in [0.2, 0.25) is 0 Å². The molecule has 0 amide bonds. The summed E-state index contributed by atoms with van der Waals surface area (Å²) < 4.78 is 5.13. The Kier molecular flexibility index (Phi) is 8.89. The Morgan fingerprint density at radius 2 is 1.17 bits per heavy atom. The molecule has 0 unspecified atom stereocenters. The average Bonchev–Trinajstić information content (AvgIpc) is 3.15. The fourth-order valence-corrected chi connectivity index (χ4v) is 2.81. The van der Waals surface area contributed by atoms with Crippen LogP contribution in [0.4, 0.5) is 0 Å². The van der Waals surface area contributed by atoms with Gasteiger partial charge in [0.15, 0.2) is 5.58 Å². The monoisotopic (exact) mass is 398 g/mol. The van der Waals surface area contributed by atoms with Gasteiger partial charge in [-0.3, -0.25) is 0 Å². The first-order valence-corrected chi connectivity index (χ1v) is 9.33. The molecule has 29 heavy (non-hydrogen) atoms. The first-order valence-electron chi connectivity index (χ1n) is 8.92. The third-order valence-electron chi connectivity index (χ3n) is 4.01. The van der Waals surface area contributed by atoms with E-state index in [0.717, 1.165) is 16.7 Å². The fraction of sp³-hybridized carbons (Fsp3) is 0.0417. The van der Waals surface area contributed by atoms with Crippen LogP contribution in [-0.4, -0.2) is 18.5 Å². The molecule has 4 aromatic carbocycles. The predicted molar refractivity (Wildman–Crippen MR) is 123 cm³/mol. The predicted octanol–water partition coefficient (Wildman–Crippen LogP) is 6.13. The topological polar surface area (TPSA) is 49.2 Å². The van der Waals surface area contributed by atoms with Crippen molar-refractivity contribution in [2.45, 2.75) is 6.61 Å². The Bertz CT molecular complexity index is 1080. The van der Waals surface area contributed by atoms with Crippen molar-refractivity contribution < 1.29 is 9.52 Å². The summed E-state index contributed by atoms with van der Waals surface area (Å²) in [4.78, 5) is 3.34. The molecule has 0 aliphatic heterocycles. The van der Waals surface area contributed by atoms with Crippen molar-refractivity contribution in [3.63, 3.8) is 0 Å². The van der Waals surface area contributed by atoms with Gasteiger partial charge in [-0.05, 0) is 40.7 Å². The Hall–Kier alpha value is -3.15. The van der Waals surface area contributed by atoms with Gasteiger partial charge in [0.05, 0.1) is 12.1 Å². The van der Waals surface area contributed by atoms with E-state index in [-0.39, 0.29) is 15.0 Å². The van der Waals surface area contributed by atoms with Gasteiger partial charge in [0.25, 0.3) is 4.84 Å². The molecular formula is C24H21BNO2S. The lowest BCUT2D eigenvalue weighted by Crippen LogP contribution is -1.77. The molecule has 0 saturated heterocycles. The summed E-state index contributed by atoms with van der Waals surface area (Å²) in [6, 6.07) is 33.9. The average molecular weight is 398 g/mol. The van der Waals surface area contributed by atoms with Crippen LogP contribution < -0.4 is 0 Å². The second-order valence-corrected chi connectivity index (χ2v) is 6.37. The molecule has 143 valence electrons. The third kappa shape index (κ3) is 6.75. The van der Waals surface area contributed by atoms with Crippen molar-refractivity contribution in [3.05, 3.63) is 114 Å². The maximum absolute atomic E-state index is 8.54. The number of H-pyrrole nitrogens is 1. The van der Waals surface area contributed by atoms with E-state index in [0.29, 0.717) is 4.84 Å². The van der Waals surface area contributed by atoms with Crippen LogP contribution in [0.15, 0.2) is 108 Å². The first kappa shape index (κ1) is 22.1. The van der Waals surface area contributed by atoms with Gasteiger partial charge in [-0.2, -0.15) is 0 Å². The smallest absolute Gasteiger partial charge is 0.266 e. The van der Waals surface area contributed by atoms with Crippen molar-refractivity contribution in [3.8, 4) is 0 Å². The van der Waals surface area contributed by atoms with Crippen LogP contribution in [0.25, 0.3) is 21.9 Å². The van der Waals surface area contributed by atoms with Crippen LogP contribution in [0.1, 0.15) is 5.56 Å². The molecule has 0 aliphatic carbocycles. The van der Waals surface area contributed by atoms with Crippen LogP contribution in [-0.2, 0) is 6.61 Å². The van der Waals surface area contributed by atoms with Crippen LogP contribution in [0, 0.1) is 4.84 Å². The van der Waals surface area contributed by atoms with Gasteiger partial charge in [0.2, 0.25) is 0 Å². The molecule has 5 aromatic rings. The van der Waals surface area contributed by atoms with Crippen LogP contribution in [0.5, 0.6) is 0 Å². The van der Waals surface area contributed by atoms with Crippen LogP contribution in [0.3, 0.4) is 0 Å². The Balaban J connectivity index is 0.000000154. The lowest BCUT2D eigenvalue weighted by molar-refractivity contribution is 0.282. The molecule has 3 nitrogen and oxygen atoms in total. The largest absolute Gasteiger partial charge is 0.429 e. The number of hydrogen-bond acceptors (Lipinski definition) is 3. The molecule has 3 radical (unpaired) electrons. The highest BCUT2D eigenvalue weighted by Gasteiger charge is 1.93. The molecule has 0 atom stereocenters. The zero-order chi connectivity index (χ0) is 19.6. The molecule has 0 fully saturated rings. The minimum Gasteiger partial charge on any atom is -0.429 e. The zero-order valence-corrected chi connectivity index (χ0v) is 16.7. The number of aliphatic hydroxyl groups is 1. The number of para-hydroxylation sites is 2. The summed E-state index contributed by atoms with van der Waals surface area (Å²) in [5.74, 6) is 0. The number of oxazole rings is 1. The fourth-order valence-electron chi connectivity index (χ4n) is 2.61. The van der Waals surface area contributed by atoms with E-state index < -0.39 is 0 Å². The zero-order valence-electron chi connectivity index (χ0n) is 15.9. The Morgan fingerprint density at radius 1 is 0.690 bits per heavy atom. The lowest BCUT2D eigenvalue weighted by Gasteiger charge is -1.92. The molecule has 0 spiro atoms. The number of nitrogens with one attached hydrogen (secondary N) is 1. The second-order valence-electron chi connectivity index (χ2n) is 6.00. The highest BCUT2D eigenvalue weighted by atomic mass is 32.1. The maximum atomic E-state index is 8.54. The normalized spacial score (nSPS) is 9.55. The van der Waals surface area contributed by atoms with E-state index in [1.165, 1.54) is 10.8 Å². The molecule has 0 aliphatic rings. The summed E-state index contributed by atoms with van der Waals surface area (Å²) in [5, 5.41) is 11.2. The van der Waals surface area contributed by atoms with Crippen molar-refractivity contribution in [1.29, 1.82) is 0 Å². The van der Waals surface area contributed by atoms with E-state index in [2.05, 4.69) is 53.5 Å². The van der Waals surface area contributed by atoms with Crippen molar-refractivity contribution in [1.82, 2.24) is 4.98 Å². The van der Waals surface area contributed by atoms with E-state index in [1.54, 1.807) is 0 Å². The summed E-state index contributed by atoms with van der Waals surface area (Å²) in [7, 11) is 0. The highest BCUT2D eigenvalue weighted by molar-refractivity contribution is 7.71. The minimum absolute atomic E-state index is 0. The quantitative estimate of drug-likeness (QED) is 0.264. The van der Waals surface area contributed by atoms with Gasteiger partial charge in [0, 0.05) is 8.41 Å². The van der Waals surface area contributed by atoms with Gasteiger partial charge >= 0.3 is 0 Å². The summed E-state index contributed by atoms with van der Waals surface area (Å²) in [6.07, 6.45) is 0. The number of aromatic amines is 1. The van der Waals surface area contributed by atoms with Gasteiger partial charge in [-0.25, -0.2) is 0 Å². The van der Waals surface area contributed by atoms with Gasteiger partial charge in [0.1, 0.15) is 0 Å². The van der Waals surface area contributed by atoms with Crippen LogP contribution >= 0.6 is 12.2 Å². The minimum atomic E-state index is 0. The molecule has 1 aromatic heterocycles. The molecule has 5 rings (SSSR count). The third-order valence-corrected chi connectivity index (χ3v) is 4.20. The van der Waals surface area contributed by atoms with Crippen molar-refractivity contribution in [2.75, 3.05) is 0 Å². The Morgan fingerprint density at radius 3 is 1.66 bits per heavy atom. The number of hydrogen-bond donors (Lipinski definition) is 2. The molecule has 0 bridgehead atoms. The van der Waals surface area contributed by atoms with E-state index in [1.807, 2.05) is 54.6 Å². The number of aromatic nitrogens is 1. The number of fused-ring (bicyclic) bond motifs is 2. The van der Waals surface area contributed by atoms with E-state index in [4.69, 9.17) is 21.7 Å². The van der Waals surface area contributed by atoms with Crippen molar-refractivity contribution in [2.24, 2.45) is 0 Å². The number of rotatable bonds is 1. The maximum Gasteiger partial charge on any atom is 0.266 e. The van der Waals surface area contributed by atoms with Crippen molar-refractivity contribution >= 4 is 42.5 Å². The Labute approximate surface area is 177 Å². The molecule has 0 saturated carbocycles. The molecule has 1 heterocycles. The van der Waals surface area contributed by atoms with E-state index >= 15 is 0 Å². The summed E-state index contributed by atoms with van der Waals surface area (Å²) >= 11 is 4.79. The van der Waals surface area contributed by atoms with E-state index in [9.17, 15) is 0 Å². The molecule has 2 N–H and O–H groups in total. The summed E-state index contributed by atoms with van der Waals surface area (Å²) in [6.45, 7) is 0.140. The first-order chi connectivity index (χ1) is 13.8. The lowest BCUT2D eigenvalue weighted by atomic mass is 10.1. The molecular weight excluding hydrogens is 377 g/mol. The molecule has 5 heteroatoms.